The van der Waals surface area contributed by atoms with Crippen LogP contribution in [-0.2, 0) is 4.79 Å². The van der Waals surface area contributed by atoms with Gasteiger partial charge in [-0.1, -0.05) is 0 Å². The Kier molecular flexibility index (Phi) is 4.22. The summed E-state index contributed by atoms with van der Waals surface area (Å²) in [6.45, 7) is 1.41. The quantitative estimate of drug-likeness (QED) is 0.738. The smallest absolute Gasteiger partial charge is 0.249 e. The van der Waals surface area contributed by atoms with Crippen molar-refractivity contribution in [3.8, 4) is 17.2 Å². The fourth-order valence-electron chi connectivity index (χ4n) is 2.30. The highest BCUT2D eigenvalue weighted by Gasteiger charge is 2.12. The molecule has 1 N–H and O–H groups in total. The van der Waals surface area contributed by atoms with Gasteiger partial charge in [0, 0.05) is 22.9 Å². The first-order valence-corrected chi connectivity index (χ1v) is 7.32. The van der Waals surface area contributed by atoms with Crippen LogP contribution in [0.1, 0.15) is 23.7 Å². The molecule has 0 fully saturated rings. The van der Waals surface area contributed by atoms with Crippen LogP contribution in [0, 0.1) is 17.1 Å². The van der Waals surface area contributed by atoms with Crippen molar-refractivity contribution in [2.45, 2.75) is 13.3 Å². The number of carbonyl (C=O) groups is 2. The molecule has 25 heavy (non-hydrogen) atoms. The molecule has 124 valence electrons. The summed E-state index contributed by atoms with van der Waals surface area (Å²) in [4.78, 5) is 27.0. The minimum atomic E-state index is -0.515. The number of anilines is 1. The van der Waals surface area contributed by atoms with Gasteiger partial charge in [0.2, 0.25) is 11.9 Å². The number of rotatable bonds is 4. The molecular formula is C17H12FN5O2. The minimum Gasteiger partial charge on any atom is -0.295 e. The van der Waals surface area contributed by atoms with Crippen LogP contribution >= 0.6 is 0 Å². The van der Waals surface area contributed by atoms with Crippen molar-refractivity contribution < 1.29 is 14.0 Å². The Bertz CT molecular complexity index is 1040. The fourth-order valence-corrected chi connectivity index (χ4v) is 2.30. The number of pyridine rings is 1. The van der Waals surface area contributed by atoms with E-state index in [0.29, 0.717) is 16.8 Å². The van der Waals surface area contributed by atoms with E-state index in [4.69, 9.17) is 5.26 Å². The van der Waals surface area contributed by atoms with Crippen molar-refractivity contribution in [2.75, 3.05) is 5.32 Å². The molecule has 0 aliphatic heterocycles. The van der Waals surface area contributed by atoms with Gasteiger partial charge in [0.05, 0.1) is 6.07 Å². The molecule has 3 rings (SSSR count). The zero-order valence-corrected chi connectivity index (χ0v) is 13.2. The summed E-state index contributed by atoms with van der Waals surface area (Å²) in [7, 11) is 0. The van der Waals surface area contributed by atoms with Crippen LogP contribution in [0.4, 0.5) is 10.3 Å². The molecule has 0 aliphatic rings. The first kappa shape index (κ1) is 16.3. The number of benzene rings is 1. The molecule has 0 radical (unpaired) electrons. The van der Waals surface area contributed by atoms with E-state index >= 15 is 0 Å². The van der Waals surface area contributed by atoms with Crippen LogP contribution < -0.4 is 5.32 Å². The molecule has 1 amide bonds. The van der Waals surface area contributed by atoms with Gasteiger partial charge in [0.25, 0.3) is 0 Å². The highest BCUT2D eigenvalue weighted by molar-refractivity contribution is 5.95. The first-order chi connectivity index (χ1) is 12.0. The Morgan fingerprint density at radius 3 is 2.84 bits per heavy atom. The Morgan fingerprint density at radius 1 is 1.32 bits per heavy atom. The second kappa shape index (κ2) is 6.49. The van der Waals surface area contributed by atoms with Gasteiger partial charge in [-0.2, -0.15) is 10.2 Å². The summed E-state index contributed by atoms with van der Waals surface area (Å²) in [6, 6.07) is 9.14. The van der Waals surface area contributed by atoms with Crippen molar-refractivity contribution >= 4 is 23.3 Å². The van der Waals surface area contributed by atoms with Gasteiger partial charge < -0.3 is 0 Å². The molecular weight excluding hydrogens is 325 g/mol. The maximum Gasteiger partial charge on any atom is 0.249 e. The lowest BCUT2D eigenvalue weighted by molar-refractivity contribution is -0.115. The van der Waals surface area contributed by atoms with E-state index in [1.54, 1.807) is 24.4 Å². The van der Waals surface area contributed by atoms with E-state index in [-0.39, 0.29) is 23.7 Å². The first-order valence-electron chi connectivity index (χ1n) is 7.32. The number of ketones is 1. The van der Waals surface area contributed by atoms with Gasteiger partial charge >= 0.3 is 0 Å². The van der Waals surface area contributed by atoms with Gasteiger partial charge in [0.1, 0.15) is 12.2 Å². The number of fused-ring (bicyclic) bond motifs is 1. The molecule has 1 aromatic carbocycles. The van der Waals surface area contributed by atoms with Gasteiger partial charge in [-0.15, -0.1) is 5.10 Å². The molecule has 8 heteroatoms. The van der Waals surface area contributed by atoms with Gasteiger partial charge in [-0.3, -0.25) is 14.9 Å². The third-order valence-electron chi connectivity index (χ3n) is 3.51. The molecule has 3 aromatic rings. The van der Waals surface area contributed by atoms with Crippen LogP contribution in [0.2, 0.25) is 0 Å². The number of Topliss-reactive ketones (excluding diaryl/α,β-unsaturated/α-hetero) is 1. The predicted molar refractivity (Wildman–Crippen MR) is 87.2 cm³/mol. The standard InChI is InChI=1S/C17H12FN5O2/c1-10(24)11-2-4-14(18)13(8-11)12-3-5-15-20-17(22-23(15)9-12)21-16(25)6-7-19/h2-5,8-9H,6H2,1H3,(H,21,22,25). The monoisotopic (exact) mass is 337 g/mol. The molecule has 0 spiro atoms. The minimum absolute atomic E-state index is 0.0513. The highest BCUT2D eigenvalue weighted by Crippen LogP contribution is 2.25. The van der Waals surface area contributed by atoms with Crippen LogP contribution in [0.5, 0.6) is 0 Å². The average Bonchev–Trinajstić information content (AvgIpc) is 2.96. The largest absolute Gasteiger partial charge is 0.295 e. The van der Waals surface area contributed by atoms with Crippen LogP contribution in [0.15, 0.2) is 36.5 Å². The second-order valence-electron chi connectivity index (χ2n) is 5.29. The Hall–Kier alpha value is -3.60. The van der Waals surface area contributed by atoms with E-state index in [9.17, 15) is 14.0 Å². The lowest BCUT2D eigenvalue weighted by Crippen LogP contribution is -2.11. The van der Waals surface area contributed by atoms with E-state index in [2.05, 4.69) is 15.4 Å². The van der Waals surface area contributed by atoms with Crippen molar-refractivity contribution in [1.29, 1.82) is 5.26 Å². The van der Waals surface area contributed by atoms with Crippen molar-refractivity contribution in [3.05, 3.63) is 47.9 Å². The molecule has 7 nitrogen and oxygen atoms in total. The maximum absolute atomic E-state index is 14.1. The maximum atomic E-state index is 14.1. The van der Waals surface area contributed by atoms with Crippen molar-refractivity contribution in [2.24, 2.45) is 0 Å². The van der Waals surface area contributed by atoms with E-state index in [0.717, 1.165) is 0 Å². The number of hydrogen-bond acceptors (Lipinski definition) is 5. The molecule has 0 atom stereocenters. The molecule has 2 aromatic heterocycles. The SMILES string of the molecule is CC(=O)c1ccc(F)c(-c2ccc3nc(NC(=O)CC#N)nn3c2)c1. The zero-order valence-electron chi connectivity index (χ0n) is 13.2. The lowest BCUT2D eigenvalue weighted by Gasteiger charge is -2.05. The number of nitrogens with one attached hydrogen (secondary N) is 1. The molecule has 0 saturated carbocycles. The number of nitrogens with zero attached hydrogens (tertiary/aromatic N) is 4. The summed E-state index contributed by atoms with van der Waals surface area (Å²) in [6.07, 6.45) is 1.24. The molecule has 0 aliphatic carbocycles. The van der Waals surface area contributed by atoms with Gasteiger partial charge in [0.15, 0.2) is 11.4 Å². The highest BCUT2D eigenvalue weighted by atomic mass is 19.1. The normalized spacial score (nSPS) is 10.4. The Balaban J connectivity index is 1.99. The van der Waals surface area contributed by atoms with Gasteiger partial charge in [-0.05, 0) is 37.3 Å². The van der Waals surface area contributed by atoms with Crippen LogP contribution in [-0.4, -0.2) is 26.3 Å². The second-order valence-corrected chi connectivity index (χ2v) is 5.29. The topological polar surface area (TPSA) is 100 Å². The summed E-state index contributed by atoms with van der Waals surface area (Å²) in [5.41, 5.74) is 1.62. The summed E-state index contributed by atoms with van der Waals surface area (Å²) >= 11 is 0. The van der Waals surface area contributed by atoms with Crippen molar-refractivity contribution in [1.82, 2.24) is 14.6 Å². The average molecular weight is 337 g/mol. The molecule has 0 bridgehead atoms. The van der Waals surface area contributed by atoms with E-state index < -0.39 is 11.7 Å². The van der Waals surface area contributed by atoms with Crippen LogP contribution in [0.3, 0.4) is 0 Å². The zero-order chi connectivity index (χ0) is 18.0. The van der Waals surface area contributed by atoms with E-state index in [1.807, 2.05) is 0 Å². The fraction of sp³-hybridized carbons (Fsp3) is 0.118. The van der Waals surface area contributed by atoms with Gasteiger partial charge in [-0.25, -0.2) is 8.91 Å². The Labute approximate surface area is 141 Å². The van der Waals surface area contributed by atoms with Crippen LogP contribution in [0.25, 0.3) is 16.8 Å². The third-order valence-corrected chi connectivity index (χ3v) is 3.51. The number of aromatic nitrogens is 3. The summed E-state index contributed by atoms with van der Waals surface area (Å²) in [5.74, 6) is -1.09. The van der Waals surface area contributed by atoms with Crippen molar-refractivity contribution in [3.63, 3.8) is 0 Å². The number of hydrogen-bond donors (Lipinski definition) is 1. The summed E-state index contributed by atoms with van der Waals surface area (Å²) < 4.78 is 15.5. The number of halogens is 1. The third kappa shape index (κ3) is 3.35. The van der Waals surface area contributed by atoms with E-state index in [1.165, 1.54) is 29.6 Å². The Morgan fingerprint density at radius 2 is 2.12 bits per heavy atom. The predicted octanol–water partition coefficient (Wildman–Crippen LogP) is 2.59. The lowest BCUT2D eigenvalue weighted by atomic mass is 10.0. The molecule has 2 heterocycles. The summed E-state index contributed by atoms with van der Waals surface area (Å²) in [5, 5.41) is 15.0. The number of carbonyl (C=O) groups excluding carboxylic acids is 2. The number of amides is 1. The number of nitriles is 1. The molecule has 0 saturated heterocycles. The molecule has 0 unspecified atom stereocenters.